The molecule has 164 valence electrons. The number of methoxy groups -OCH3 is 2. The summed E-state index contributed by atoms with van der Waals surface area (Å²) in [4.78, 5) is 13.6. The molecule has 5 nitrogen and oxygen atoms in total. The lowest BCUT2D eigenvalue weighted by Crippen LogP contribution is -2.26. The molecule has 0 bridgehead atoms. The number of carbonyl (C=O) groups is 1. The van der Waals surface area contributed by atoms with Crippen LogP contribution in [-0.2, 0) is 28.7 Å². The molecule has 2 aromatic carbocycles. The molecule has 0 heterocycles. The summed E-state index contributed by atoms with van der Waals surface area (Å²) < 4.78 is 50.0. The van der Waals surface area contributed by atoms with Crippen molar-refractivity contribution in [3.63, 3.8) is 0 Å². The van der Waals surface area contributed by atoms with E-state index in [1.54, 1.807) is 18.2 Å². The second-order valence-electron chi connectivity index (χ2n) is 7.14. The van der Waals surface area contributed by atoms with Gasteiger partial charge < -0.3 is 19.7 Å². The van der Waals surface area contributed by atoms with Crippen LogP contribution in [0.1, 0.15) is 16.7 Å². The van der Waals surface area contributed by atoms with Crippen LogP contribution >= 0.6 is 0 Å². The number of halogens is 3. The van der Waals surface area contributed by atoms with Gasteiger partial charge in [0.2, 0.25) is 0 Å². The third-order valence-electron chi connectivity index (χ3n) is 4.61. The fourth-order valence-electron chi connectivity index (χ4n) is 3.02. The van der Waals surface area contributed by atoms with Crippen LogP contribution in [0.25, 0.3) is 11.1 Å². The molecule has 0 saturated heterocycles. The normalized spacial score (nSPS) is 11.6. The number of ether oxygens (including phenoxy) is 2. The van der Waals surface area contributed by atoms with Crippen LogP contribution in [0.4, 0.5) is 13.2 Å². The molecule has 0 fully saturated rings. The van der Waals surface area contributed by atoms with Gasteiger partial charge in [-0.15, -0.1) is 0 Å². The van der Waals surface area contributed by atoms with E-state index in [-0.39, 0.29) is 13.0 Å². The van der Waals surface area contributed by atoms with Crippen molar-refractivity contribution in [2.45, 2.75) is 19.1 Å². The van der Waals surface area contributed by atoms with Crippen LogP contribution in [0.2, 0.25) is 0 Å². The molecule has 2 rings (SSSR count). The van der Waals surface area contributed by atoms with Crippen LogP contribution in [0.15, 0.2) is 36.4 Å². The average Bonchev–Trinajstić information content (AvgIpc) is 2.70. The lowest BCUT2D eigenvalue weighted by molar-refractivity contribution is -0.140. The molecule has 30 heavy (non-hydrogen) atoms. The van der Waals surface area contributed by atoms with E-state index >= 15 is 0 Å². The highest BCUT2D eigenvalue weighted by Gasteiger charge is 2.31. The van der Waals surface area contributed by atoms with Gasteiger partial charge in [-0.3, -0.25) is 4.79 Å². The van der Waals surface area contributed by atoms with E-state index in [4.69, 9.17) is 9.47 Å². The SMILES string of the molecule is COC(=O)Cc1ccc(OC)c(-c2ccc(C(F)(F)F)cc2CNCCN(C)C)c1. The Morgan fingerprint density at radius 1 is 1.07 bits per heavy atom. The summed E-state index contributed by atoms with van der Waals surface area (Å²) in [5.74, 6) is 0.113. The summed E-state index contributed by atoms with van der Waals surface area (Å²) in [7, 11) is 6.65. The minimum Gasteiger partial charge on any atom is -0.496 e. The minimum atomic E-state index is -4.44. The van der Waals surface area contributed by atoms with Gasteiger partial charge in [-0.2, -0.15) is 13.2 Å². The maximum atomic E-state index is 13.3. The Morgan fingerprint density at radius 3 is 2.40 bits per heavy atom. The van der Waals surface area contributed by atoms with Crippen molar-refractivity contribution in [1.29, 1.82) is 0 Å². The number of alkyl halides is 3. The van der Waals surface area contributed by atoms with Crippen molar-refractivity contribution in [1.82, 2.24) is 10.2 Å². The van der Waals surface area contributed by atoms with E-state index in [0.717, 1.165) is 18.7 Å². The number of carbonyl (C=O) groups excluding carboxylic acids is 1. The number of esters is 1. The zero-order valence-electron chi connectivity index (χ0n) is 17.6. The first-order valence-corrected chi connectivity index (χ1v) is 9.45. The van der Waals surface area contributed by atoms with Gasteiger partial charge in [0.05, 0.1) is 26.2 Å². The first-order chi connectivity index (χ1) is 14.2. The van der Waals surface area contributed by atoms with Gasteiger partial charge in [0, 0.05) is 25.2 Å². The summed E-state index contributed by atoms with van der Waals surface area (Å²) in [6, 6.07) is 8.86. The molecule has 0 aliphatic heterocycles. The third-order valence-corrected chi connectivity index (χ3v) is 4.61. The second kappa shape index (κ2) is 10.4. The molecule has 0 radical (unpaired) electrons. The fourth-order valence-corrected chi connectivity index (χ4v) is 3.02. The van der Waals surface area contributed by atoms with Crippen LogP contribution < -0.4 is 10.1 Å². The van der Waals surface area contributed by atoms with Gasteiger partial charge in [0.15, 0.2) is 0 Å². The maximum absolute atomic E-state index is 13.3. The van der Waals surface area contributed by atoms with Gasteiger partial charge in [0.25, 0.3) is 0 Å². The monoisotopic (exact) mass is 424 g/mol. The van der Waals surface area contributed by atoms with E-state index in [0.29, 0.717) is 34.5 Å². The highest BCUT2D eigenvalue weighted by atomic mass is 19.4. The number of rotatable bonds is 9. The van der Waals surface area contributed by atoms with Crippen LogP contribution in [0.5, 0.6) is 5.75 Å². The van der Waals surface area contributed by atoms with E-state index < -0.39 is 17.7 Å². The Hall–Kier alpha value is -2.58. The summed E-state index contributed by atoms with van der Waals surface area (Å²) in [5.41, 5.74) is 1.71. The lowest BCUT2D eigenvalue weighted by atomic mass is 9.94. The van der Waals surface area contributed by atoms with E-state index in [2.05, 4.69) is 5.32 Å². The van der Waals surface area contributed by atoms with E-state index in [1.807, 2.05) is 19.0 Å². The molecule has 0 spiro atoms. The standard InChI is InChI=1S/C22H27F3N2O3/c1-27(2)10-9-26-14-16-13-17(22(23,24)25)6-7-18(16)19-11-15(12-21(28)30-4)5-8-20(19)29-3/h5-8,11,13,26H,9-10,12,14H2,1-4H3. The number of nitrogens with zero attached hydrogens (tertiary/aromatic N) is 1. The Bertz CT molecular complexity index is 867. The van der Waals surface area contributed by atoms with Gasteiger partial charge >= 0.3 is 12.1 Å². The molecule has 0 aromatic heterocycles. The molecule has 1 N–H and O–H groups in total. The zero-order chi connectivity index (χ0) is 22.3. The van der Waals surface area contributed by atoms with E-state index in [1.165, 1.54) is 20.3 Å². The third kappa shape index (κ3) is 6.47. The minimum absolute atomic E-state index is 0.0601. The highest BCUT2D eigenvalue weighted by molar-refractivity contribution is 5.77. The molecule has 2 aromatic rings. The van der Waals surface area contributed by atoms with Crippen molar-refractivity contribution >= 4 is 5.97 Å². The van der Waals surface area contributed by atoms with Gasteiger partial charge in [0.1, 0.15) is 5.75 Å². The summed E-state index contributed by atoms with van der Waals surface area (Å²) in [6.07, 6.45) is -4.38. The summed E-state index contributed by atoms with van der Waals surface area (Å²) >= 11 is 0. The summed E-state index contributed by atoms with van der Waals surface area (Å²) in [5, 5.41) is 3.19. The van der Waals surface area contributed by atoms with Crippen molar-refractivity contribution in [3.05, 3.63) is 53.1 Å². The number of hydrogen-bond donors (Lipinski definition) is 1. The molecule has 0 unspecified atom stereocenters. The molecular weight excluding hydrogens is 397 g/mol. The molecule has 0 atom stereocenters. The van der Waals surface area contributed by atoms with Crippen LogP contribution in [-0.4, -0.2) is 52.3 Å². The van der Waals surface area contributed by atoms with Crippen molar-refractivity contribution in [2.75, 3.05) is 41.4 Å². The molecule has 0 saturated carbocycles. The zero-order valence-corrected chi connectivity index (χ0v) is 17.6. The van der Waals surface area contributed by atoms with Gasteiger partial charge in [-0.1, -0.05) is 12.1 Å². The van der Waals surface area contributed by atoms with Crippen LogP contribution in [0.3, 0.4) is 0 Å². The Morgan fingerprint density at radius 2 is 1.80 bits per heavy atom. The summed E-state index contributed by atoms with van der Waals surface area (Å²) in [6.45, 7) is 1.64. The Kier molecular flexibility index (Phi) is 8.25. The number of benzene rings is 2. The van der Waals surface area contributed by atoms with Gasteiger partial charge in [-0.25, -0.2) is 0 Å². The quantitative estimate of drug-likeness (QED) is 0.491. The maximum Gasteiger partial charge on any atom is 0.416 e. The first kappa shape index (κ1) is 23.7. The average molecular weight is 424 g/mol. The Labute approximate surface area is 174 Å². The smallest absolute Gasteiger partial charge is 0.416 e. The molecular formula is C22H27F3N2O3. The molecule has 0 aliphatic carbocycles. The van der Waals surface area contributed by atoms with Crippen molar-refractivity contribution < 1.29 is 27.4 Å². The lowest BCUT2D eigenvalue weighted by Gasteiger charge is -2.18. The largest absolute Gasteiger partial charge is 0.496 e. The predicted octanol–water partition coefficient (Wildman–Crippen LogP) is 3.75. The first-order valence-electron chi connectivity index (χ1n) is 9.45. The Balaban J connectivity index is 2.47. The predicted molar refractivity (Wildman–Crippen MR) is 109 cm³/mol. The topological polar surface area (TPSA) is 50.8 Å². The van der Waals surface area contributed by atoms with Crippen molar-refractivity contribution in [3.8, 4) is 16.9 Å². The molecule has 0 amide bonds. The van der Waals surface area contributed by atoms with Crippen LogP contribution in [0, 0.1) is 0 Å². The van der Waals surface area contributed by atoms with Crippen molar-refractivity contribution in [2.24, 2.45) is 0 Å². The highest BCUT2D eigenvalue weighted by Crippen LogP contribution is 2.37. The van der Waals surface area contributed by atoms with Gasteiger partial charge in [-0.05, 0) is 55.1 Å². The number of hydrogen-bond acceptors (Lipinski definition) is 5. The fraction of sp³-hybridized carbons (Fsp3) is 0.409. The number of likely N-dealkylation sites (N-methyl/N-ethyl adjacent to an activating group) is 1. The van der Waals surface area contributed by atoms with E-state index in [9.17, 15) is 18.0 Å². The molecule has 8 heteroatoms. The second-order valence-corrected chi connectivity index (χ2v) is 7.14. The molecule has 0 aliphatic rings. The number of nitrogens with one attached hydrogen (secondary N) is 1.